The molecule has 2 nitrogen and oxygen atoms in total. The number of benzene rings is 1. The van der Waals surface area contributed by atoms with Gasteiger partial charge in [-0.15, -0.1) is 0 Å². The molecule has 1 aromatic carbocycles. The normalized spacial score (nSPS) is 27.8. The van der Waals surface area contributed by atoms with Crippen LogP contribution in [0.2, 0.25) is 0 Å². The highest BCUT2D eigenvalue weighted by atomic mass is 16.5. The molecule has 0 heterocycles. The third-order valence-corrected chi connectivity index (χ3v) is 7.34. The van der Waals surface area contributed by atoms with E-state index < -0.39 is 0 Å². The van der Waals surface area contributed by atoms with E-state index in [1.54, 1.807) is 0 Å². The van der Waals surface area contributed by atoms with Crippen LogP contribution in [0.15, 0.2) is 30.3 Å². The third kappa shape index (κ3) is 6.73. The Bertz CT molecular complexity index is 629. The summed E-state index contributed by atoms with van der Waals surface area (Å²) in [7, 11) is 1.50. The standard InChI is InChI=1S/C27H40O2/c1-3-4-5-6-21-7-9-22(10-8-21)11-12-23-13-15-24(16-14-23)25-17-19-26(20-18-25)27(28)29-2/h11-16,21-22,25-26H,3-10,17-20H2,1-2H3. The summed E-state index contributed by atoms with van der Waals surface area (Å²) in [5.41, 5.74) is 2.75. The van der Waals surface area contributed by atoms with Gasteiger partial charge < -0.3 is 4.74 Å². The molecule has 0 aliphatic heterocycles. The van der Waals surface area contributed by atoms with E-state index in [1.165, 1.54) is 69.6 Å². The Hall–Kier alpha value is -1.57. The fraction of sp³-hybridized carbons (Fsp3) is 0.667. The Kier molecular flexibility index (Phi) is 8.83. The van der Waals surface area contributed by atoms with Gasteiger partial charge in [-0.25, -0.2) is 0 Å². The molecule has 0 spiro atoms. The lowest BCUT2D eigenvalue weighted by Crippen LogP contribution is -2.22. The predicted molar refractivity (Wildman–Crippen MR) is 122 cm³/mol. The van der Waals surface area contributed by atoms with E-state index in [-0.39, 0.29) is 11.9 Å². The third-order valence-electron chi connectivity index (χ3n) is 7.34. The highest BCUT2D eigenvalue weighted by Gasteiger charge is 2.27. The number of hydrogen-bond donors (Lipinski definition) is 0. The Balaban J connectivity index is 1.42. The molecule has 0 aromatic heterocycles. The van der Waals surface area contributed by atoms with Crippen molar-refractivity contribution in [1.82, 2.24) is 0 Å². The summed E-state index contributed by atoms with van der Waals surface area (Å²) in [5, 5.41) is 0. The molecule has 2 saturated carbocycles. The first-order valence-corrected chi connectivity index (χ1v) is 12.1. The lowest BCUT2D eigenvalue weighted by molar-refractivity contribution is -0.146. The van der Waals surface area contributed by atoms with Gasteiger partial charge in [0.25, 0.3) is 0 Å². The first kappa shape index (κ1) is 22.1. The summed E-state index contributed by atoms with van der Waals surface area (Å²) in [5.74, 6) is 2.43. The fourth-order valence-corrected chi connectivity index (χ4v) is 5.31. The zero-order valence-electron chi connectivity index (χ0n) is 18.6. The highest BCUT2D eigenvalue weighted by molar-refractivity contribution is 5.72. The molecule has 0 amide bonds. The SMILES string of the molecule is CCCCCC1CCC(C=Cc2ccc(C3CCC(C(=O)OC)CC3)cc2)CC1. The van der Waals surface area contributed by atoms with Crippen LogP contribution >= 0.6 is 0 Å². The maximum atomic E-state index is 11.7. The minimum absolute atomic E-state index is 0.0288. The molecule has 2 heteroatoms. The topological polar surface area (TPSA) is 26.3 Å². The largest absolute Gasteiger partial charge is 0.469 e. The van der Waals surface area contributed by atoms with E-state index in [2.05, 4.69) is 43.3 Å². The second kappa shape index (κ2) is 11.6. The van der Waals surface area contributed by atoms with Crippen LogP contribution < -0.4 is 0 Å². The van der Waals surface area contributed by atoms with E-state index in [4.69, 9.17) is 4.74 Å². The Morgan fingerprint density at radius 3 is 2.28 bits per heavy atom. The lowest BCUT2D eigenvalue weighted by Gasteiger charge is -2.27. The van der Waals surface area contributed by atoms with Crippen LogP contribution in [0.1, 0.15) is 101 Å². The van der Waals surface area contributed by atoms with Gasteiger partial charge in [-0.1, -0.05) is 69.0 Å². The van der Waals surface area contributed by atoms with Crippen LogP contribution in [0.25, 0.3) is 6.08 Å². The average Bonchev–Trinajstić information content (AvgIpc) is 2.78. The molecule has 0 atom stereocenters. The van der Waals surface area contributed by atoms with Crippen LogP contribution in [0.4, 0.5) is 0 Å². The van der Waals surface area contributed by atoms with Crippen molar-refractivity contribution in [3.8, 4) is 0 Å². The van der Waals surface area contributed by atoms with Crippen molar-refractivity contribution < 1.29 is 9.53 Å². The van der Waals surface area contributed by atoms with Crippen molar-refractivity contribution in [1.29, 1.82) is 0 Å². The van der Waals surface area contributed by atoms with Gasteiger partial charge in [-0.2, -0.15) is 0 Å². The van der Waals surface area contributed by atoms with E-state index in [1.807, 2.05) is 0 Å². The molecule has 3 rings (SSSR count). The van der Waals surface area contributed by atoms with E-state index >= 15 is 0 Å². The molecule has 2 aliphatic rings. The number of allylic oxidation sites excluding steroid dienone is 1. The number of carbonyl (C=O) groups is 1. The number of ether oxygens (including phenoxy) is 1. The molecule has 0 unspecified atom stereocenters. The van der Waals surface area contributed by atoms with Crippen LogP contribution in [-0.2, 0) is 9.53 Å². The molecule has 2 fully saturated rings. The van der Waals surface area contributed by atoms with Gasteiger partial charge >= 0.3 is 5.97 Å². The monoisotopic (exact) mass is 396 g/mol. The second-order valence-electron chi connectivity index (χ2n) is 9.37. The Morgan fingerprint density at radius 2 is 1.66 bits per heavy atom. The molecule has 0 N–H and O–H groups in total. The minimum Gasteiger partial charge on any atom is -0.469 e. The second-order valence-corrected chi connectivity index (χ2v) is 9.37. The first-order chi connectivity index (χ1) is 14.2. The van der Waals surface area contributed by atoms with Crippen molar-refractivity contribution >= 4 is 12.0 Å². The smallest absolute Gasteiger partial charge is 0.308 e. The van der Waals surface area contributed by atoms with Crippen molar-refractivity contribution in [3.05, 3.63) is 41.5 Å². The summed E-state index contributed by atoms with van der Waals surface area (Å²) in [6.45, 7) is 2.30. The van der Waals surface area contributed by atoms with Gasteiger partial charge in [0.1, 0.15) is 0 Å². The van der Waals surface area contributed by atoms with Crippen LogP contribution in [0, 0.1) is 17.8 Å². The van der Waals surface area contributed by atoms with Gasteiger partial charge in [0.2, 0.25) is 0 Å². The lowest BCUT2D eigenvalue weighted by atomic mass is 9.78. The highest BCUT2D eigenvalue weighted by Crippen LogP contribution is 2.36. The van der Waals surface area contributed by atoms with Crippen molar-refractivity contribution in [2.24, 2.45) is 17.8 Å². The van der Waals surface area contributed by atoms with Crippen molar-refractivity contribution in [3.63, 3.8) is 0 Å². The number of rotatable bonds is 8. The van der Waals surface area contributed by atoms with E-state index in [9.17, 15) is 4.79 Å². The summed E-state index contributed by atoms with van der Waals surface area (Å²) >= 11 is 0. The predicted octanol–water partition coefficient (Wildman–Crippen LogP) is 7.53. The van der Waals surface area contributed by atoms with E-state index in [0.29, 0.717) is 5.92 Å². The van der Waals surface area contributed by atoms with Gasteiger partial charge in [-0.3, -0.25) is 4.79 Å². The fourth-order valence-electron chi connectivity index (χ4n) is 5.31. The summed E-state index contributed by atoms with van der Waals surface area (Å²) in [6, 6.07) is 9.14. The van der Waals surface area contributed by atoms with Gasteiger partial charge in [0, 0.05) is 0 Å². The molecule has 160 valence electrons. The zero-order valence-corrected chi connectivity index (χ0v) is 18.6. The molecule has 29 heavy (non-hydrogen) atoms. The Labute approximate surface area is 178 Å². The van der Waals surface area contributed by atoms with Crippen molar-refractivity contribution in [2.45, 2.75) is 89.9 Å². The average molecular weight is 397 g/mol. The van der Waals surface area contributed by atoms with Gasteiger partial charge in [0.05, 0.1) is 13.0 Å². The number of methoxy groups -OCH3 is 1. The molecule has 0 bridgehead atoms. The number of hydrogen-bond acceptors (Lipinski definition) is 2. The van der Waals surface area contributed by atoms with Crippen molar-refractivity contribution in [2.75, 3.05) is 7.11 Å². The van der Waals surface area contributed by atoms with Crippen LogP contribution in [0.5, 0.6) is 0 Å². The molecule has 2 aliphatic carbocycles. The zero-order chi connectivity index (χ0) is 20.5. The van der Waals surface area contributed by atoms with Crippen LogP contribution in [0.3, 0.4) is 0 Å². The number of unbranched alkanes of at least 4 members (excludes halogenated alkanes) is 2. The van der Waals surface area contributed by atoms with Gasteiger partial charge in [-0.05, 0) is 80.2 Å². The maximum Gasteiger partial charge on any atom is 0.308 e. The summed E-state index contributed by atoms with van der Waals surface area (Å²) < 4.78 is 4.90. The number of esters is 1. The maximum absolute atomic E-state index is 11.7. The summed E-state index contributed by atoms with van der Waals surface area (Å²) in [4.78, 5) is 11.7. The first-order valence-electron chi connectivity index (χ1n) is 12.1. The molecular formula is C27H40O2. The molecule has 0 saturated heterocycles. The van der Waals surface area contributed by atoms with E-state index in [0.717, 1.165) is 37.5 Å². The number of carbonyl (C=O) groups excluding carboxylic acids is 1. The molecule has 1 aromatic rings. The molecular weight excluding hydrogens is 356 g/mol. The Morgan fingerprint density at radius 1 is 0.966 bits per heavy atom. The summed E-state index contributed by atoms with van der Waals surface area (Å²) in [6.07, 6.45) is 20.1. The van der Waals surface area contributed by atoms with Gasteiger partial charge in [0.15, 0.2) is 0 Å². The minimum atomic E-state index is -0.0288. The quantitative estimate of drug-likeness (QED) is 0.335. The van der Waals surface area contributed by atoms with Crippen LogP contribution in [-0.4, -0.2) is 13.1 Å². The molecule has 0 radical (unpaired) electrons.